The fraction of sp³-hybridized carbons (Fsp3) is 0.125. The molecule has 2 heterocycles. The Labute approximate surface area is 111 Å². The van der Waals surface area contributed by atoms with E-state index in [1.54, 1.807) is 12.1 Å². The minimum atomic E-state index is 0.646. The third-order valence-corrected chi connectivity index (χ3v) is 3.35. The van der Waals surface area contributed by atoms with Crippen LogP contribution >= 0.6 is 0 Å². The maximum atomic E-state index is 10.8. The highest BCUT2D eigenvalue weighted by Gasteiger charge is 2.10. The molecule has 0 radical (unpaired) electrons. The highest BCUT2D eigenvalue weighted by molar-refractivity contribution is 5.77. The fourth-order valence-electron chi connectivity index (χ4n) is 2.24. The number of hydrogen-bond donors (Lipinski definition) is 0. The number of pyridine rings is 1. The van der Waals surface area contributed by atoms with Gasteiger partial charge in [-0.25, -0.2) is 4.98 Å². The summed E-state index contributed by atoms with van der Waals surface area (Å²) in [6.07, 6.45) is 2.73. The molecule has 0 atom stereocenters. The van der Waals surface area contributed by atoms with Crippen LogP contribution in [0.5, 0.6) is 0 Å². The number of benzene rings is 1. The van der Waals surface area contributed by atoms with Gasteiger partial charge in [0.25, 0.3) is 0 Å². The Morgan fingerprint density at radius 2 is 1.84 bits per heavy atom. The summed E-state index contributed by atoms with van der Waals surface area (Å²) in [5.41, 5.74) is 5.82. The first kappa shape index (κ1) is 11.7. The number of aryl methyl sites for hydroxylation is 2. The summed E-state index contributed by atoms with van der Waals surface area (Å²) in [4.78, 5) is 15.4. The Morgan fingerprint density at radius 3 is 2.53 bits per heavy atom. The first-order chi connectivity index (χ1) is 9.19. The van der Waals surface area contributed by atoms with Gasteiger partial charge < -0.3 is 4.40 Å². The Morgan fingerprint density at radius 1 is 1.11 bits per heavy atom. The number of aldehydes is 1. The standard InChI is InChI=1S/C16H14N2O/c1-11-3-5-14(6-4-11)16-12(2)18-8-7-13(10-19)9-15(18)17-16/h3-10H,1-2H3. The van der Waals surface area contributed by atoms with Crippen molar-refractivity contribution >= 4 is 11.9 Å². The highest BCUT2D eigenvalue weighted by Crippen LogP contribution is 2.24. The molecule has 0 aliphatic carbocycles. The summed E-state index contributed by atoms with van der Waals surface area (Å²) in [6, 6.07) is 11.9. The molecule has 0 spiro atoms. The molecule has 3 aromatic rings. The molecule has 19 heavy (non-hydrogen) atoms. The van der Waals surface area contributed by atoms with Crippen LogP contribution in [-0.4, -0.2) is 15.7 Å². The van der Waals surface area contributed by atoms with E-state index < -0.39 is 0 Å². The van der Waals surface area contributed by atoms with Gasteiger partial charge in [-0.15, -0.1) is 0 Å². The SMILES string of the molecule is Cc1ccc(-c2nc3cc(C=O)ccn3c2C)cc1. The van der Waals surface area contributed by atoms with E-state index in [-0.39, 0.29) is 0 Å². The second-order valence-electron chi connectivity index (χ2n) is 4.72. The lowest BCUT2D eigenvalue weighted by Crippen LogP contribution is -1.89. The van der Waals surface area contributed by atoms with Gasteiger partial charge in [0.1, 0.15) is 11.9 Å². The van der Waals surface area contributed by atoms with Crippen LogP contribution in [0.2, 0.25) is 0 Å². The zero-order valence-electron chi connectivity index (χ0n) is 10.9. The van der Waals surface area contributed by atoms with E-state index in [1.807, 2.05) is 17.5 Å². The maximum Gasteiger partial charge on any atom is 0.150 e. The molecule has 0 unspecified atom stereocenters. The third-order valence-electron chi connectivity index (χ3n) is 3.35. The van der Waals surface area contributed by atoms with Gasteiger partial charge >= 0.3 is 0 Å². The lowest BCUT2D eigenvalue weighted by atomic mass is 10.1. The lowest BCUT2D eigenvalue weighted by Gasteiger charge is -2.00. The summed E-state index contributed by atoms with van der Waals surface area (Å²) in [7, 11) is 0. The quantitative estimate of drug-likeness (QED) is 0.653. The molecule has 0 aliphatic heterocycles. The average Bonchev–Trinajstić information content (AvgIpc) is 2.76. The zero-order chi connectivity index (χ0) is 13.4. The fourth-order valence-corrected chi connectivity index (χ4v) is 2.24. The normalized spacial score (nSPS) is 10.8. The first-order valence-corrected chi connectivity index (χ1v) is 6.20. The molecule has 1 aromatic carbocycles. The van der Waals surface area contributed by atoms with Gasteiger partial charge in [-0.1, -0.05) is 29.8 Å². The van der Waals surface area contributed by atoms with Crippen LogP contribution in [0.4, 0.5) is 0 Å². The van der Waals surface area contributed by atoms with E-state index in [1.165, 1.54) is 5.56 Å². The zero-order valence-corrected chi connectivity index (χ0v) is 10.9. The molecule has 94 valence electrons. The first-order valence-electron chi connectivity index (χ1n) is 6.20. The average molecular weight is 250 g/mol. The van der Waals surface area contributed by atoms with Crippen LogP contribution in [0, 0.1) is 13.8 Å². The van der Waals surface area contributed by atoms with E-state index in [2.05, 4.69) is 36.2 Å². The van der Waals surface area contributed by atoms with Crippen molar-refractivity contribution in [1.29, 1.82) is 0 Å². The Bertz CT molecular complexity index is 754. The minimum absolute atomic E-state index is 0.646. The molecule has 0 N–H and O–H groups in total. The van der Waals surface area contributed by atoms with Crippen molar-refractivity contribution < 1.29 is 4.79 Å². The van der Waals surface area contributed by atoms with E-state index in [4.69, 9.17) is 0 Å². The van der Waals surface area contributed by atoms with Gasteiger partial charge in [-0.2, -0.15) is 0 Å². The number of rotatable bonds is 2. The van der Waals surface area contributed by atoms with Gasteiger partial charge in [-0.05, 0) is 26.0 Å². The summed E-state index contributed by atoms with van der Waals surface area (Å²) >= 11 is 0. The van der Waals surface area contributed by atoms with E-state index >= 15 is 0 Å². The van der Waals surface area contributed by atoms with Crippen molar-refractivity contribution in [3.8, 4) is 11.3 Å². The third kappa shape index (κ3) is 1.93. The number of imidazole rings is 1. The van der Waals surface area contributed by atoms with Crippen LogP contribution in [0.1, 0.15) is 21.6 Å². The van der Waals surface area contributed by atoms with Gasteiger partial charge in [0.15, 0.2) is 0 Å². The molecular weight excluding hydrogens is 236 g/mol. The number of aromatic nitrogens is 2. The number of carbonyl (C=O) groups is 1. The van der Waals surface area contributed by atoms with Crippen LogP contribution in [-0.2, 0) is 0 Å². The van der Waals surface area contributed by atoms with E-state index in [0.717, 1.165) is 28.9 Å². The number of carbonyl (C=O) groups excluding carboxylic acids is 1. The smallest absolute Gasteiger partial charge is 0.150 e. The van der Waals surface area contributed by atoms with Crippen LogP contribution in [0.25, 0.3) is 16.9 Å². The minimum Gasteiger partial charge on any atom is -0.304 e. The molecule has 0 bridgehead atoms. The number of nitrogens with zero attached hydrogens (tertiary/aromatic N) is 2. The van der Waals surface area contributed by atoms with Crippen molar-refractivity contribution in [2.24, 2.45) is 0 Å². The Balaban J connectivity index is 2.21. The summed E-state index contributed by atoms with van der Waals surface area (Å²) in [5, 5.41) is 0. The van der Waals surface area contributed by atoms with Gasteiger partial charge in [-0.3, -0.25) is 4.79 Å². The molecular formula is C16H14N2O. The summed E-state index contributed by atoms with van der Waals surface area (Å²) in [6.45, 7) is 4.10. The van der Waals surface area contributed by atoms with Crippen LogP contribution in [0.15, 0.2) is 42.6 Å². The second-order valence-corrected chi connectivity index (χ2v) is 4.72. The van der Waals surface area contributed by atoms with Gasteiger partial charge in [0, 0.05) is 23.0 Å². The van der Waals surface area contributed by atoms with E-state index in [9.17, 15) is 4.79 Å². The Kier molecular flexibility index (Phi) is 2.67. The van der Waals surface area contributed by atoms with E-state index in [0.29, 0.717) is 5.56 Å². The molecule has 3 heteroatoms. The monoisotopic (exact) mass is 250 g/mol. The molecule has 0 aliphatic rings. The van der Waals surface area contributed by atoms with Crippen molar-refractivity contribution in [3.63, 3.8) is 0 Å². The molecule has 0 saturated heterocycles. The second kappa shape index (κ2) is 4.35. The summed E-state index contributed by atoms with van der Waals surface area (Å²) in [5.74, 6) is 0. The topological polar surface area (TPSA) is 34.4 Å². The number of hydrogen-bond acceptors (Lipinski definition) is 2. The summed E-state index contributed by atoms with van der Waals surface area (Å²) < 4.78 is 2.00. The molecule has 0 saturated carbocycles. The maximum absolute atomic E-state index is 10.8. The predicted molar refractivity (Wildman–Crippen MR) is 75.5 cm³/mol. The lowest BCUT2D eigenvalue weighted by molar-refractivity contribution is 0.112. The number of fused-ring (bicyclic) bond motifs is 1. The molecule has 3 rings (SSSR count). The van der Waals surface area contributed by atoms with Crippen LogP contribution in [0.3, 0.4) is 0 Å². The molecule has 0 amide bonds. The molecule has 0 fully saturated rings. The van der Waals surface area contributed by atoms with Gasteiger partial charge in [0.2, 0.25) is 0 Å². The van der Waals surface area contributed by atoms with Crippen LogP contribution < -0.4 is 0 Å². The highest BCUT2D eigenvalue weighted by atomic mass is 16.1. The Hall–Kier alpha value is -2.42. The molecule has 2 aromatic heterocycles. The van der Waals surface area contributed by atoms with Crippen molar-refractivity contribution in [2.45, 2.75) is 13.8 Å². The van der Waals surface area contributed by atoms with Crippen molar-refractivity contribution in [3.05, 3.63) is 59.4 Å². The van der Waals surface area contributed by atoms with Gasteiger partial charge in [0.05, 0.1) is 5.69 Å². The van der Waals surface area contributed by atoms with Crippen molar-refractivity contribution in [2.75, 3.05) is 0 Å². The largest absolute Gasteiger partial charge is 0.304 e. The van der Waals surface area contributed by atoms with Crippen molar-refractivity contribution in [1.82, 2.24) is 9.38 Å². The predicted octanol–water partition coefficient (Wildman–Crippen LogP) is 3.43. The molecule has 3 nitrogen and oxygen atoms in total.